The van der Waals surface area contributed by atoms with Crippen LogP contribution in [0.5, 0.6) is 23.0 Å². The van der Waals surface area contributed by atoms with Crippen molar-refractivity contribution in [1.82, 2.24) is 9.88 Å². The third-order valence-electron chi connectivity index (χ3n) is 6.82. The number of ether oxygens (including phenoxy) is 4. The highest BCUT2D eigenvalue weighted by atomic mass is 19.2. The molecular weight excluding hydrogens is 579 g/mol. The molecular formula is C31H30F3N5O5. The number of hydrogen-bond donors (Lipinski definition) is 1. The predicted octanol–water partition coefficient (Wildman–Crippen LogP) is 5.47. The van der Waals surface area contributed by atoms with Gasteiger partial charge in [-0.1, -0.05) is 6.07 Å². The predicted molar refractivity (Wildman–Crippen MR) is 158 cm³/mol. The molecule has 0 bridgehead atoms. The van der Waals surface area contributed by atoms with Crippen LogP contribution in [0.2, 0.25) is 0 Å². The number of urea groups is 1. The lowest BCUT2D eigenvalue weighted by atomic mass is 10.1. The molecule has 44 heavy (non-hydrogen) atoms. The lowest BCUT2D eigenvalue weighted by Gasteiger charge is -2.26. The fraction of sp³-hybridized carbons (Fsp3) is 0.258. The van der Waals surface area contributed by atoms with Gasteiger partial charge in [-0.25, -0.2) is 18.0 Å². The fourth-order valence-electron chi connectivity index (χ4n) is 4.58. The molecule has 0 spiro atoms. The van der Waals surface area contributed by atoms with Gasteiger partial charge in [0.2, 0.25) is 0 Å². The lowest BCUT2D eigenvalue weighted by Crippen LogP contribution is -2.37. The Labute approximate surface area is 251 Å². The monoisotopic (exact) mass is 609 g/mol. The van der Waals surface area contributed by atoms with Crippen molar-refractivity contribution in [3.8, 4) is 23.0 Å². The normalized spacial score (nSPS) is 13.7. The molecule has 2 heterocycles. The van der Waals surface area contributed by atoms with E-state index in [9.17, 15) is 13.6 Å². The van der Waals surface area contributed by atoms with Crippen LogP contribution in [0, 0.1) is 17.5 Å². The van der Waals surface area contributed by atoms with Crippen molar-refractivity contribution in [2.45, 2.75) is 6.42 Å². The van der Waals surface area contributed by atoms with Crippen LogP contribution in [0.4, 0.5) is 23.7 Å². The van der Waals surface area contributed by atoms with Gasteiger partial charge in [0.05, 0.1) is 44.3 Å². The Bertz CT molecular complexity index is 1670. The summed E-state index contributed by atoms with van der Waals surface area (Å²) in [5.74, 6) is -1.77. The van der Waals surface area contributed by atoms with Crippen molar-refractivity contribution >= 4 is 28.8 Å². The Balaban J connectivity index is 1.31. The van der Waals surface area contributed by atoms with E-state index >= 15 is 4.39 Å². The van der Waals surface area contributed by atoms with Crippen molar-refractivity contribution in [1.29, 1.82) is 0 Å². The topological polar surface area (TPSA) is 112 Å². The maximum absolute atomic E-state index is 15.2. The van der Waals surface area contributed by atoms with Crippen LogP contribution in [0.1, 0.15) is 12.0 Å². The molecule has 1 aromatic heterocycles. The zero-order valence-corrected chi connectivity index (χ0v) is 23.8. The van der Waals surface area contributed by atoms with Gasteiger partial charge in [-0.2, -0.15) is 10.1 Å². The second kappa shape index (κ2) is 14.1. The minimum Gasteiger partial charge on any atom is -0.493 e. The quantitative estimate of drug-likeness (QED) is 0.136. The second-order valence-electron chi connectivity index (χ2n) is 9.77. The highest BCUT2D eigenvalue weighted by Crippen LogP contribution is 2.38. The number of anilines is 1. The Morgan fingerprint density at radius 3 is 2.55 bits per heavy atom. The van der Waals surface area contributed by atoms with Crippen LogP contribution < -0.4 is 25.0 Å². The van der Waals surface area contributed by atoms with Gasteiger partial charge in [0.1, 0.15) is 5.75 Å². The first-order valence-corrected chi connectivity index (χ1v) is 13.8. The van der Waals surface area contributed by atoms with Gasteiger partial charge in [0, 0.05) is 43.4 Å². The zero-order valence-electron chi connectivity index (χ0n) is 23.8. The zero-order chi connectivity index (χ0) is 31.1. The van der Waals surface area contributed by atoms with Crippen molar-refractivity contribution in [2.24, 2.45) is 10.8 Å². The molecule has 4 aromatic rings. The van der Waals surface area contributed by atoms with Gasteiger partial charge in [-0.3, -0.25) is 9.88 Å². The summed E-state index contributed by atoms with van der Waals surface area (Å²) in [4.78, 5) is 18.8. The number of rotatable bonds is 11. The van der Waals surface area contributed by atoms with E-state index in [1.165, 1.54) is 31.5 Å². The van der Waals surface area contributed by atoms with Gasteiger partial charge < -0.3 is 24.7 Å². The number of aromatic nitrogens is 1. The SMILES string of the molecule is COc1cc2c(Oc3ccc(N(/N=C/c4ccc(F)c(F)c4)C(N)=O)cc3F)ccnc2cc1OCCCN1CCOCC1. The number of nitrogens with zero attached hydrogens (tertiary/aromatic N) is 4. The summed E-state index contributed by atoms with van der Waals surface area (Å²) in [5.41, 5.74) is 6.12. The Morgan fingerprint density at radius 2 is 1.82 bits per heavy atom. The van der Waals surface area contributed by atoms with E-state index in [0.29, 0.717) is 39.8 Å². The van der Waals surface area contributed by atoms with Crippen LogP contribution in [0.3, 0.4) is 0 Å². The second-order valence-corrected chi connectivity index (χ2v) is 9.77. The molecule has 1 aliphatic heterocycles. The summed E-state index contributed by atoms with van der Waals surface area (Å²) in [6.07, 6.45) is 3.45. The Kier molecular flexibility index (Phi) is 9.77. The summed E-state index contributed by atoms with van der Waals surface area (Å²) in [6, 6.07) is 10.8. The van der Waals surface area contributed by atoms with Gasteiger partial charge in [-0.05, 0) is 48.4 Å². The summed E-state index contributed by atoms with van der Waals surface area (Å²) >= 11 is 0. The molecule has 0 unspecified atom stereocenters. The average molecular weight is 610 g/mol. The molecule has 13 heteroatoms. The number of hydrazone groups is 1. The Hall–Kier alpha value is -4.88. The first-order chi connectivity index (χ1) is 21.3. The van der Waals surface area contributed by atoms with Crippen molar-refractivity contribution in [2.75, 3.05) is 51.6 Å². The highest BCUT2D eigenvalue weighted by Gasteiger charge is 2.17. The van der Waals surface area contributed by atoms with Crippen LogP contribution >= 0.6 is 0 Å². The lowest BCUT2D eigenvalue weighted by molar-refractivity contribution is 0.0357. The van der Waals surface area contributed by atoms with E-state index in [-0.39, 0.29) is 17.0 Å². The van der Waals surface area contributed by atoms with Crippen molar-refractivity contribution < 1.29 is 36.9 Å². The maximum Gasteiger partial charge on any atom is 0.340 e. The molecule has 0 aliphatic carbocycles. The van der Waals surface area contributed by atoms with Crippen LogP contribution in [-0.2, 0) is 4.74 Å². The minimum atomic E-state index is -1.09. The number of nitrogens with two attached hydrogens (primary N) is 1. The third-order valence-corrected chi connectivity index (χ3v) is 6.82. The molecule has 2 N–H and O–H groups in total. The molecule has 2 amide bonds. The molecule has 0 radical (unpaired) electrons. The number of pyridine rings is 1. The largest absolute Gasteiger partial charge is 0.493 e. The third kappa shape index (κ3) is 7.36. The number of hydrogen-bond acceptors (Lipinski definition) is 8. The number of methoxy groups -OCH3 is 1. The summed E-state index contributed by atoms with van der Waals surface area (Å²) in [6.45, 7) is 4.69. The molecule has 5 rings (SSSR count). The molecule has 1 aliphatic rings. The summed E-state index contributed by atoms with van der Waals surface area (Å²) in [7, 11) is 1.52. The number of morpholine rings is 1. The Morgan fingerprint density at radius 1 is 1.00 bits per heavy atom. The van der Waals surface area contributed by atoms with E-state index in [1.54, 1.807) is 18.2 Å². The van der Waals surface area contributed by atoms with Crippen LogP contribution in [0.25, 0.3) is 10.9 Å². The van der Waals surface area contributed by atoms with E-state index in [2.05, 4.69) is 15.0 Å². The van der Waals surface area contributed by atoms with Crippen molar-refractivity contribution in [3.05, 3.63) is 83.8 Å². The molecule has 0 atom stereocenters. The van der Waals surface area contributed by atoms with Gasteiger partial charge in [0.25, 0.3) is 0 Å². The highest BCUT2D eigenvalue weighted by molar-refractivity contribution is 5.93. The van der Waals surface area contributed by atoms with E-state index in [1.807, 2.05) is 0 Å². The number of carbonyl (C=O) groups excluding carboxylic acids is 1. The number of halogens is 3. The molecule has 1 saturated heterocycles. The fourth-order valence-corrected chi connectivity index (χ4v) is 4.58. The molecule has 10 nitrogen and oxygen atoms in total. The van der Waals surface area contributed by atoms with Crippen LogP contribution in [-0.4, -0.2) is 68.7 Å². The summed E-state index contributed by atoms with van der Waals surface area (Å²) < 4.78 is 64.8. The number of benzene rings is 3. The minimum absolute atomic E-state index is 0.0159. The van der Waals surface area contributed by atoms with Gasteiger partial charge in [-0.15, -0.1) is 0 Å². The average Bonchev–Trinajstić information content (AvgIpc) is 3.02. The number of fused-ring (bicyclic) bond motifs is 1. The molecule has 230 valence electrons. The van der Waals surface area contributed by atoms with E-state index in [4.69, 9.17) is 24.7 Å². The molecule has 0 saturated carbocycles. The molecule has 1 fully saturated rings. The van der Waals surface area contributed by atoms with E-state index in [0.717, 1.165) is 63.7 Å². The van der Waals surface area contributed by atoms with E-state index < -0.39 is 23.5 Å². The van der Waals surface area contributed by atoms with Crippen LogP contribution in [0.15, 0.2) is 65.9 Å². The number of primary amides is 1. The number of amides is 2. The number of carbonyl (C=O) groups is 1. The standard InChI is InChI=1S/C31H30F3N5O5/c1-41-29-17-22-26(18-30(29)43-12-2-9-38-10-13-42-14-11-38)36-8-7-27(22)44-28-6-4-21(16-25(28)34)39(31(35)40)37-19-20-3-5-23(32)24(33)15-20/h3-8,15-19H,2,9-14H2,1H3,(H2,35,40)/b37-19+. The van der Waals surface area contributed by atoms with Crippen molar-refractivity contribution in [3.63, 3.8) is 0 Å². The van der Waals surface area contributed by atoms with Gasteiger partial charge in [0.15, 0.2) is 34.7 Å². The first kappa shape index (κ1) is 30.6. The maximum atomic E-state index is 15.2. The summed E-state index contributed by atoms with van der Waals surface area (Å²) in [5, 5.41) is 5.17. The van der Waals surface area contributed by atoms with Gasteiger partial charge >= 0.3 is 6.03 Å². The smallest absolute Gasteiger partial charge is 0.340 e. The first-order valence-electron chi connectivity index (χ1n) is 13.8. The molecule has 3 aromatic carbocycles.